The van der Waals surface area contributed by atoms with Crippen LogP contribution in [0.25, 0.3) is 11.0 Å². The summed E-state index contributed by atoms with van der Waals surface area (Å²) in [5.74, 6) is -3.81. The lowest BCUT2D eigenvalue weighted by Crippen LogP contribution is -2.36. The number of ether oxygens (including phenoxy) is 1. The third-order valence-corrected chi connectivity index (χ3v) is 6.10. The van der Waals surface area contributed by atoms with Crippen LogP contribution < -0.4 is 5.32 Å². The van der Waals surface area contributed by atoms with Crippen molar-refractivity contribution in [2.45, 2.75) is 44.1 Å². The molecule has 2 aliphatic rings. The van der Waals surface area contributed by atoms with Gasteiger partial charge in [-0.25, -0.2) is 23.7 Å². The van der Waals surface area contributed by atoms with Gasteiger partial charge in [-0.1, -0.05) is 0 Å². The summed E-state index contributed by atoms with van der Waals surface area (Å²) in [5, 5.41) is 3.84. The van der Waals surface area contributed by atoms with Crippen LogP contribution in [-0.4, -0.2) is 50.9 Å². The fourth-order valence-corrected chi connectivity index (χ4v) is 4.41. The predicted molar refractivity (Wildman–Crippen MR) is 110 cm³/mol. The van der Waals surface area contributed by atoms with Gasteiger partial charge in [-0.15, -0.1) is 0 Å². The summed E-state index contributed by atoms with van der Waals surface area (Å²) in [6, 6.07) is 3.04. The fraction of sp³-hybridized carbons (Fsp3) is 0.455. The molecule has 0 atom stereocenters. The van der Waals surface area contributed by atoms with E-state index in [2.05, 4.69) is 25.3 Å². The molecule has 1 saturated heterocycles. The first-order valence-electron chi connectivity index (χ1n) is 10.6. The van der Waals surface area contributed by atoms with Crippen molar-refractivity contribution in [3.63, 3.8) is 0 Å². The zero-order valence-corrected chi connectivity index (χ0v) is 17.2. The Morgan fingerprint density at radius 2 is 1.97 bits per heavy atom. The molecule has 1 aliphatic carbocycles. The van der Waals surface area contributed by atoms with Gasteiger partial charge in [0.15, 0.2) is 5.78 Å². The van der Waals surface area contributed by atoms with Crippen molar-refractivity contribution in [3.05, 3.63) is 47.4 Å². The van der Waals surface area contributed by atoms with Crippen molar-refractivity contribution in [2.24, 2.45) is 5.92 Å². The summed E-state index contributed by atoms with van der Waals surface area (Å²) in [4.78, 5) is 28.5. The largest absolute Gasteiger partial charge is 0.381 e. The second-order valence-electron chi connectivity index (χ2n) is 8.48. The monoisotopic (exact) mass is 445 g/mol. The van der Waals surface area contributed by atoms with E-state index < -0.39 is 17.7 Å². The van der Waals surface area contributed by atoms with Crippen LogP contribution in [0.5, 0.6) is 0 Å². The number of ketones is 1. The highest BCUT2D eigenvalue weighted by atomic mass is 19.3. The van der Waals surface area contributed by atoms with Gasteiger partial charge >= 0.3 is 0 Å². The van der Waals surface area contributed by atoms with Crippen molar-refractivity contribution in [3.8, 4) is 0 Å². The van der Waals surface area contributed by atoms with Crippen molar-refractivity contribution in [2.75, 3.05) is 18.5 Å². The summed E-state index contributed by atoms with van der Waals surface area (Å²) in [6.45, 7) is 1.29. The van der Waals surface area contributed by atoms with Crippen LogP contribution in [0.4, 0.5) is 19.0 Å². The molecule has 4 heterocycles. The lowest BCUT2D eigenvalue weighted by atomic mass is 9.78. The number of hydrogen-bond donors (Lipinski definition) is 2. The number of anilines is 1. The van der Waals surface area contributed by atoms with Gasteiger partial charge in [-0.05, 0) is 37.3 Å². The highest BCUT2D eigenvalue weighted by molar-refractivity contribution is 6.18. The van der Waals surface area contributed by atoms with Crippen LogP contribution in [-0.2, 0) is 11.2 Å². The minimum atomic E-state index is -2.63. The Morgan fingerprint density at radius 3 is 2.69 bits per heavy atom. The lowest BCUT2D eigenvalue weighted by molar-refractivity contribution is -0.109. The number of nitrogens with one attached hydrogen (secondary N) is 2. The van der Waals surface area contributed by atoms with Gasteiger partial charge in [0.05, 0.1) is 16.5 Å². The molecule has 3 aromatic heterocycles. The average Bonchev–Trinajstić information content (AvgIpc) is 3.18. The Kier molecular flexibility index (Phi) is 5.32. The SMILES string of the molecule is O=C(c1ccc(CC2CC(F)(F)C2)nc1F)c1c[nH]c2ncnc(NC3CCOCC3)c12. The Balaban J connectivity index is 1.39. The van der Waals surface area contributed by atoms with Gasteiger partial charge in [0.1, 0.15) is 17.8 Å². The van der Waals surface area contributed by atoms with Crippen LogP contribution in [0.15, 0.2) is 24.7 Å². The normalized spacial score (nSPS) is 19.1. The highest BCUT2D eigenvalue weighted by Crippen LogP contribution is 2.43. The van der Waals surface area contributed by atoms with Crippen LogP contribution in [0.2, 0.25) is 0 Å². The quantitative estimate of drug-likeness (QED) is 0.442. The zero-order valence-electron chi connectivity index (χ0n) is 17.2. The van der Waals surface area contributed by atoms with E-state index in [4.69, 9.17) is 4.74 Å². The molecule has 5 rings (SSSR count). The minimum Gasteiger partial charge on any atom is -0.381 e. The van der Waals surface area contributed by atoms with E-state index in [1.807, 2.05) is 0 Å². The van der Waals surface area contributed by atoms with Crippen molar-refractivity contribution in [1.82, 2.24) is 19.9 Å². The summed E-state index contributed by atoms with van der Waals surface area (Å²) >= 11 is 0. The molecule has 0 radical (unpaired) electrons. The Bertz CT molecular complexity index is 1150. The molecule has 0 bridgehead atoms. The summed E-state index contributed by atoms with van der Waals surface area (Å²) in [5.41, 5.74) is 0.884. The summed E-state index contributed by atoms with van der Waals surface area (Å²) in [6.07, 6.45) is 4.35. The van der Waals surface area contributed by atoms with E-state index in [1.54, 1.807) is 0 Å². The van der Waals surface area contributed by atoms with Gasteiger partial charge in [0.25, 0.3) is 0 Å². The second-order valence-corrected chi connectivity index (χ2v) is 8.48. The van der Waals surface area contributed by atoms with Crippen LogP contribution in [0.3, 0.4) is 0 Å². The molecule has 3 aromatic rings. The Hall–Kier alpha value is -3.01. The fourth-order valence-electron chi connectivity index (χ4n) is 4.41. The Morgan fingerprint density at radius 1 is 1.19 bits per heavy atom. The number of nitrogens with zero attached hydrogens (tertiary/aromatic N) is 3. The Labute approximate surface area is 181 Å². The smallest absolute Gasteiger partial charge is 0.248 e. The van der Waals surface area contributed by atoms with E-state index >= 15 is 0 Å². The van der Waals surface area contributed by atoms with E-state index in [0.29, 0.717) is 35.8 Å². The van der Waals surface area contributed by atoms with E-state index in [-0.39, 0.29) is 42.3 Å². The topological polar surface area (TPSA) is 92.8 Å². The number of alkyl halides is 2. The molecular formula is C22H22F3N5O2. The molecule has 1 saturated carbocycles. The molecule has 7 nitrogen and oxygen atoms in total. The van der Waals surface area contributed by atoms with Gasteiger partial charge in [0, 0.05) is 44.0 Å². The number of H-pyrrole nitrogens is 1. The first-order chi connectivity index (χ1) is 15.4. The maximum absolute atomic E-state index is 14.7. The molecule has 0 aromatic carbocycles. The molecular weight excluding hydrogens is 423 g/mol. The average molecular weight is 445 g/mol. The maximum Gasteiger partial charge on any atom is 0.248 e. The third kappa shape index (κ3) is 4.06. The van der Waals surface area contributed by atoms with Crippen molar-refractivity contribution >= 4 is 22.6 Å². The lowest BCUT2D eigenvalue weighted by Gasteiger charge is -2.34. The molecule has 0 amide bonds. The van der Waals surface area contributed by atoms with E-state index in [0.717, 1.165) is 12.8 Å². The molecule has 168 valence electrons. The predicted octanol–water partition coefficient (Wildman–Crippen LogP) is 3.90. The molecule has 1 aliphatic heterocycles. The number of rotatable bonds is 6. The van der Waals surface area contributed by atoms with Gasteiger partial charge in [-0.2, -0.15) is 4.39 Å². The number of carbonyl (C=O) groups is 1. The number of hydrogen-bond acceptors (Lipinski definition) is 6. The molecule has 0 unspecified atom stereocenters. The van der Waals surface area contributed by atoms with Gasteiger partial charge in [-0.3, -0.25) is 4.79 Å². The number of halogens is 3. The minimum absolute atomic E-state index is 0.149. The number of fused-ring (bicyclic) bond motifs is 1. The summed E-state index contributed by atoms with van der Waals surface area (Å²) in [7, 11) is 0. The molecule has 32 heavy (non-hydrogen) atoms. The standard InChI is InChI=1S/C22H22F3N5O2/c23-19-15(2-1-14(29-19)7-12-8-22(24,25)9-12)18(31)16-10-26-20-17(16)21(28-11-27-20)30-13-3-5-32-6-4-13/h1-2,10-13H,3-9H2,(H2,26,27,28,30). The zero-order chi connectivity index (χ0) is 22.3. The number of aromatic amines is 1. The number of aromatic nitrogens is 4. The van der Waals surface area contributed by atoms with Gasteiger partial charge < -0.3 is 15.0 Å². The van der Waals surface area contributed by atoms with Crippen molar-refractivity contribution < 1.29 is 22.7 Å². The van der Waals surface area contributed by atoms with Crippen LogP contribution >= 0.6 is 0 Å². The number of pyridine rings is 1. The first kappa shape index (κ1) is 20.9. The molecule has 2 N–H and O–H groups in total. The molecule has 0 spiro atoms. The van der Waals surface area contributed by atoms with Crippen molar-refractivity contribution in [1.29, 1.82) is 0 Å². The third-order valence-electron chi connectivity index (χ3n) is 6.10. The maximum atomic E-state index is 14.7. The molecule has 2 fully saturated rings. The van der Waals surface area contributed by atoms with Gasteiger partial charge in [0.2, 0.25) is 11.9 Å². The highest BCUT2D eigenvalue weighted by Gasteiger charge is 2.45. The van der Waals surface area contributed by atoms with Crippen LogP contribution in [0.1, 0.15) is 47.3 Å². The summed E-state index contributed by atoms with van der Waals surface area (Å²) < 4.78 is 46.2. The van der Waals surface area contributed by atoms with E-state index in [1.165, 1.54) is 24.7 Å². The first-order valence-corrected chi connectivity index (χ1v) is 10.6. The van der Waals surface area contributed by atoms with E-state index in [9.17, 15) is 18.0 Å². The molecule has 10 heteroatoms. The number of carbonyl (C=O) groups excluding carboxylic acids is 1. The second kappa shape index (κ2) is 8.16. The van der Waals surface area contributed by atoms with Crippen LogP contribution in [0, 0.1) is 11.9 Å².